The summed E-state index contributed by atoms with van der Waals surface area (Å²) in [5, 5.41) is 0. The van der Waals surface area contributed by atoms with Gasteiger partial charge in [-0.05, 0) is 43.9 Å². The molecule has 0 spiro atoms. The Labute approximate surface area is 136 Å². The van der Waals surface area contributed by atoms with Crippen LogP contribution in [0, 0.1) is 5.41 Å². The van der Waals surface area contributed by atoms with E-state index in [1.165, 1.54) is 13.2 Å². The molecule has 0 fully saturated rings. The van der Waals surface area contributed by atoms with Gasteiger partial charge in [0.15, 0.2) is 0 Å². The number of benzene rings is 1. The maximum absolute atomic E-state index is 12.4. The number of ether oxygens (including phenoxy) is 2. The van der Waals surface area contributed by atoms with Gasteiger partial charge in [0.2, 0.25) is 6.29 Å². The van der Waals surface area contributed by atoms with Gasteiger partial charge in [0.1, 0.15) is 11.2 Å². The molecule has 1 aromatic rings. The zero-order chi connectivity index (χ0) is 16.9. The van der Waals surface area contributed by atoms with Crippen LogP contribution in [0.4, 0.5) is 0 Å². The fourth-order valence-corrected chi connectivity index (χ4v) is 2.33. The molecule has 0 saturated heterocycles. The van der Waals surface area contributed by atoms with Crippen LogP contribution in [0.1, 0.15) is 37.8 Å². The third kappa shape index (κ3) is 4.09. The first-order chi connectivity index (χ1) is 11.0. The molecule has 2 unspecified atom stereocenters. The van der Waals surface area contributed by atoms with E-state index >= 15 is 0 Å². The van der Waals surface area contributed by atoms with E-state index in [4.69, 9.17) is 9.47 Å². The Hall–Kier alpha value is -2.36. The van der Waals surface area contributed by atoms with E-state index in [0.29, 0.717) is 19.3 Å². The summed E-state index contributed by atoms with van der Waals surface area (Å²) >= 11 is 0. The highest BCUT2D eigenvalue weighted by atomic mass is 16.7. The van der Waals surface area contributed by atoms with Crippen LogP contribution in [0.2, 0.25) is 0 Å². The number of carbonyl (C=O) groups is 2. The van der Waals surface area contributed by atoms with Gasteiger partial charge in [0.25, 0.3) is 0 Å². The number of hydrogen-bond donors (Lipinski definition) is 0. The fraction of sp³-hybridized carbons (Fsp3) is 0.368. The monoisotopic (exact) mass is 314 g/mol. The van der Waals surface area contributed by atoms with Crippen molar-refractivity contribution in [2.45, 2.75) is 39.4 Å². The first-order valence-electron chi connectivity index (χ1n) is 7.69. The second-order valence-electron chi connectivity index (χ2n) is 5.91. The first-order valence-corrected chi connectivity index (χ1v) is 7.69. The van der Waals surface area contributed by atoms with Crippen LogP contribution in [-0.4, -0.2) is 18.0 Å². The fourth-order valence-electron chi connectivity index (χ4n) is 2.33. The van der Waals surface area contributed by atoms with Crippen molar-refractivity contribution in [3.63, 3.8) is 0 Å². The van der Waals surface area contributed by atoms with Crippen molar-refractivity contribution in [1.29, 1.82) is 0 Å². The number of hydrogen-bond acceptors (Lipinski definition) is 4. The lowest BCUT2D eigenvalue weighted by Gasteiger charge is -2.26. The highest BCUT2D eigenvalue weighted by Crippen LogP contribution is 2.29. The molecule has 1 aliphatic heterocycles. The normalized spacial score (nSPS) is 18.8. The molecular formula is C19H22O4. The van der Waals surface area contributed by atoms with Crippen LogP contribution in [0.5, 0.6) is 0 Å². The van der Waals surface area contributed by atoms with Gasteiger partial charge < -0.3 is 9.47 Å². The van der Waals surface area contributed by atoms with Crippen LogP contribution in [-0.2, 0) is 25.5 Å². The standard InChI is InChI=1S/C19H22O4/c1-4-15-7-9-16(10-8-15)11-12-19(3,14(2)20)18(21)23-17-6-5-13-22-17/h4-5,7-10,13,17H,1,6,11-12H2,2-3H3. The van der Waals surface area contributed by atoms with E-state index < -0.39 is 17.7 Å². The minimum atomic E-state index is -1.16. The second kappa shape index (κ2) is 7.27. The molecule has 4 nitrogen and oxygen atoms in total. The molecule has 1 aromatic carbocycles. The topological polar surface area (TPSA) is 52.6 Å². The smallest absolute Gasteiger partial charge is 0.322 e. The molecule has 0 amide bonds. The minimum Gasteiger partial charge on any atom is -0.462 e. The van der Waals surface area contributed by atoms with E-state index in [9.17, 15) is 9.59 Å². The van der Waals surface area contributed by atoms with Gasteiger partial charge in [-0.2, -0.15) is 0 Å². The Bertz CT molecular complexity index is 607. The van der Waals surface area contributed by atoms with E-state index in [0.717, 1.165) is 11.1 Å². The van der Waals surface area contributed by atoms with Gasteiger partial charge in [-0.15, -0.1) is 0 Å². The summed E-state index contributed by atoms with van der Waals surface area (Å²) in [5.41, 5.74) is 0.936. The predicted octanol–water partition coefficient (Wildman–Crippen LogP) is 3.66. The van der Waals surface area contributed by atoms with Crippen LogP contribution in [0.3, 0.4) is 0 Å². The summed E-state index contributed by atoms with van der Waals surface area (Å²) in [6, 6.07) is 7.88. The second-order valence-corrected chi connectivity index (χ2v) is 5.91. The summed E-state index contributed by atoms with van der Waals surface area (Å²) in [6.45, 7) is 6.78. The van der Waals surface area contributed by atoms with Crippen molar-refractivity contribution in [3.05, 3.63) is 54.3 Å². The van der Waals surface area contributed by atoms with Gasteiger partial charge >= 0.3 is 5.97 Å². The Balaban J connectivity index is 2.02. The number of esters is 1. The number of rotatable bonds is 7. The van der Waals surface area contributed by atoms with Crippen molar-refractivity contribution in [2.24, 2.45) is 5.41 Å². The highest BCUT2D eigenvalue weighted by molar-refractivity contribution is 6.02. The van der Waals surface area contributed by atoms with Crippen molar-refractivity contribution in [1.82, 2.24) is 0 Å². The lowest BCUT2D eigenvalue weighted by atomic mass is 9.80. The summed E-state index contributed by atoms with van der Waals surface area (Å²) in [4.78, 5) is 24.5. The maximum atomic E-state index is 12.4. The lowest BCUT2D eigenvalue weighted by Crippen LogP contribution is -2.39. The van der Waals surface area contributed by atoms with Crippen molar-refractivity contribution >= 4 is 17.8 Å². The van der Waals surface area contributed by atoms with Gasteiger partial charge in [-0.25, -0.2) is 0 Å². The molecular weight excluding hydrogens is 292 g/mol. The molecule has 0 saturated carbocycles. The van der Waals surface area contributed by atoms with Crippen LogP contribution < -0.4 is 0 Å². The molecule has 2 rings (SSSR count). The van der Waals surface area contributed by atoms with E-state index in [1.54, 1.807) is 19.1 Å². The highest BCUT2D eigenvalue weighted by Gasteiger charge is 2.41. The summed E-state index contributed by atoms with van der Waals surface area (Å²) in [5.74, 6) is -0.724. The van der Waals surface area contributed by atoms with Crippen LogP contribution >= 0.6 is 0 Å². The average molecular weight is 314 g/mol. The lowest BCUT2D eigenvalue weighted by molar-refractivity contribution is -0.179. The van der Waals surface area contributed by atoms with Gasteiger partial charge in [-0.3, -0.25) is 9.59 Å². The molecule has 23 heavy (non-hydrogen) atoms. The molecule has 0 aromatic heterocycles. The SMILES string of the molecule is C=Cc1ccc(CCC(C)(C(C)=O)C(=O)OC2CC=CO2)cc1. The van der Waals surface area contributed by atoms with E-state index in [-0.39, 0.29) is 5.78 Å². The Morgan fingerprint density at radius 1 is 1.39 bits per heavy atom. The van der Waals surface area contributed by atoms with Gasteiger partial charge in [0, 0.05) is 6.42 Å². The predicted molar refractivity (Wildman–Crippen MR) is 88.4 cm³/mol. The maximum Gasteiger partial charge on any atom is 0.322 e. The molecule has 122 valence electrons. The first kappa shape index (κ1) is 17.0. The zero-order valence-electron chi connectivity index (χ0n) is 13.6. The molecule has 0 aliphatic carbocycles. The third-order valence-electron chi connectivity index (χ3n) is 4.25. The molecule has 4 heteroatoms. The molecule has 2 atom stereocenters. The Morgan fingerprint density at radius 3 is 2.61 bits per heavy atom. The summed E-state index contributed by atoms with van der Waals surface area (Å²) < 4.78 is 10.4. The molecule has 0 bridgehead atoms. The van der Waals surface area contributed by atoms with Gasteiger partial charge in [-0.1, -0.05) is 36.9 Å². The average Bonchev–Trinajstić information content (AvgIpc) is 3.05. The Morgan fingerprint density at radius 2 is 2.09 bits per heavy atom. The minimum absolute atomic E-state index is 0.198. The van der Waals surface area contributed by atoms with E-state index in [1.807, 2.05) is 24.3 Å². The number of ketones is 1. The van der Waals surface area contributed by atoms with Crippen molar-refractivity contribution in [3.8, 4) is 0 Å². The van der Waals surface area contributed by atoms with Crippen LogP contribution in [0.25, 0.3) is 6.08 Å². The molecule has 0 radical (unpaired) electrons. The van der Waals surface area contributed by atoms with Crippen molar-refractivity contribution in [2.75, 3.05) is 0 Å². The van der Waals surface area contributed by atoms with Crippen molar-refractivity contribution < 1.29 is 19.1 Å². The number of aryl methyl sites for hydroxylation is 1. The quantitative estimate of drug-likeness (QED) is 0.569. The third-order valence-corrected chi connectivity index (χ3v) is 4.25. The van der Waals surface area contributed by atoms with E-state index in [2.05, 4.69) is 6.58 Å². The number of carbonyl (C=O) groups excluding carboxylic acids is 2. The molecule has 1 heterocycles. The molecule has 1 aliphatic rings. The summed E-state index contributed by atoms with van der Waals surface area (Å²) in [7, 11) is 0. The number of Topliss-reactive ketones (excluding diaryl/α,β-unsaturated/α-hetero) is 1. The molecule has 0 N–H and O–H groups in total. The largest absolute Gasteiger partial charge is 0.462 e. The van der Waals surface area contributed by atoms with Gasteiger partial charge in [0.05, 0.1) is 6.26 Å². The summed E-state index contributed by atoms with van der Waals surface area (Å²) in [6.07, 6.45) is 5.97. The van der Waals surface area contributed by atoms with Crippen LogP contribution in [0.15, 0.2) is 43.2 Å². The Kier molecular flexibility index (Phi) is 5.37. The zero-order valence-corrected chi connectivity index (χ0v) is 13.6.